The first-order chi connectivity index (χ1) is 7.61. The van der Waals surface area contributed by atoms with Crippen molar-refractivity contribution >= 4 is 11.4 Å². The molecule has 1 N–H and O–H groups in total. The summed E-state index contributed by atoms with van der Waals surface area (Å²) in [7, 11) is 4.07. The average molecular weight is 221 g/mol. The van der Waals surface area contributed by atoms with Gasteiger partial charge in [0.15, 0.2) is 0 Å². The van der Waals surface area contributed by atoms with Gasteiger partial charge in [0, 0.05) is 32.3 Å². The Bertz CT molecular complexity index is 361. The van der Waals surface area contributed by atoms with Gasteiger partial charge < -0.3 is 15.0 Å². The summed E-state index contributed by atoms with van der Waals surface area (Å²) >= 11 is 0. The van der Waals surface area contributed by atoms with Gasteiger partial charge in [0.2, 0.25) is 0 Å². The van der Waals surface area contributed by atoms with Crippen LogP contribution in [0.1, 0.15) is 6.92 Å². The van der Waals surface area contributed by atoms with E-state index in [-0.39, 0.29) is 5.41 Å². The number of rotatable bonds is 4. The summed E-state index contributed by atoms with van der Waals surface area (Å²) in [4.78, 5) is 6.24. The number of hydrogen-bond acceptors (Lipinski definition) is 4. The first-order valence-electron chi connectivity index (χ1n) is 5.54. The highest BCUT2D eigenvalue weighted by molar-refractivity contribution is 5.68. The molecule has 4 heteroatoms. The number of pyridine rings is 1. The van der Waals surface area contributed by atoms with E-state index in [0.717, 1.165) is 25.4 Å². The maximum atomic E-state index is 5.24. The van der Waals surface area contributed by atoms with Crippen LogP contribution in [0.2, 0.25) is 0 Å². The molecular weight excluding hydrogens is 202 g/mol. The lowest BCUT2D eigenvalue weighted by Gasteiger charge is -2.38. The van der Waals surface area contributed by atoms with E-state index in [1.54, 1.807) is 0 Å². The summed E-state index contributed by atoms with van der Waals surface area (Å²) in [5.41, 5.74) is 2.53. The van der Waals surface area contributed by atoms with Crippen molar-refractivity contribution in [2.45, 2.75) is 6.92 Å². The topological polar surface area (TPSA) is 37.4 Å². The lowest BCUT2D eigenvalue weighted by molar-refractivity contribution is -0.0924. The van der Waals surface area contributed by atoms with Crippen LogP contribution in [0, 0.1) is 5.41 Å². The molecule has 2 rings (SSSR count). The third-order valence-electron chi connectivity index (χ3n) is 2.89. The van der Waals surface area contributed by atoms with Gasteiger partial charge in [-0.2, -0.15) is 0 Å². The molecule has 0 amide bonds. The van der Waals surface area contributed by atoms with Crippen LogP contribution >= 0.6 is 0 Å². The molecule has 1 aromatic rings. The number of aromatic nitrogens is 1. The summed E-state index contributed by atoms with van der Waals surface area (Å²) in [6.45, 7) is 4.85. The summed E-state index contributed by atoms with van der Waals surface area (Å²) in [5, 5.41) is 3.45. The molecule has 0 saturated carbocycles. The van der Waals surface area contributed by atoms with Gasteiger partial charge in [-0.1, -0.05) is 6.92 Å². The van der Waals surface area contributed by atoms with E-state index in [1.807, 2.05) is 32.6 Å². The molecule has 0 unspecified atom stereocenters. The molecule has 88 valence electrons. The second-order valence-corrected chi connectivity index (χ2v) is 4.94. The first kappa shape index (κ1) is 11.2. The molecule has 2 heterocycles. The molecule has 1 fully saturated rings. The van der Waals surface area contributed by atoms with Gasteiger partial charge in [0.25, 0.3) is 0 Å². The van der Waals surface area contributed by atoms with Crippen LogP contribution in [-0.2, 0) is 4.74 Å². The van der Waals surface area contributed by atoms with Gasteiger partial charge in [-0.25, -0.2) is 0 Å². The maximum Gasteiger partial charge on any atom is 0.0764 e. The molecule has 0 spiro atoms. The van der Waals surface area contributed by atoms with Crippen molar-refractivity contribution < 1.29 is 4.74 Å². The van der Waals surface area contributed by atoms with Gasteiger partial charge in [-0.15, -0.1) is 0 Å². The molecule has 0 atom stereocenters. The summed E-state index contributed by atoms with van der Waals surface area (Å²) in [5.74, 6) is 0. The highest BCUT2D eigenvalue weighted by atomic mass is 16.5. The van der Waals surface area contributed by atoms with Crippen LogP contribution in [-0.4, -0.2) is 38.8 Å². The van der Waals surface area contributed by atoms with E-state index in [2.05, 4.69) is 22.1 Å². The van der Waals surface area contributed by atoms with Crippen molar-refractivity contribution in [2.24, 2.45) is 5.41 Å². The van der Waals surface area contributed by atoms with Gasteiger partial charge >= 0.3 is 0 Å². The van der Waals surface area contributed by atoms with Crippen LogP contribution in [0.5, 0.6) is 0 Å². The van der Waals surface area contributed by atoms with Crippen molar-refractivity contribution in [3.05, 3.63) is 18.5 Å². The molecule has 1 aromatic heterocycles. The Morgan fingerprint density at radius 2 is 2.25 bits per heavy atom. The van der Waals surface area contributed by atoms with Crippen LogP contribution in [0.4, 0.5) is 11.4 Å². The van der Waals surface area contributed by atoms with E-state index >= 15 is 0 Å². The summed E-state index contributed by atoms with van der Waals surface area (Å²) in [6.07, 6.45) is 3.69. The molecule has 1 aliphatic heterocycles. The summed E-state index contributed by atoms with van der Waals surface area (Å²) < 4.78 is 5.24. The van der Waals surface area contributed by atoms with Crippen molar-refractivity contribution in [1.82, 2.24) is 4.98 Å². The minimum atomic E-state index is 0.277. The Morgan fingerprint density at radius 1 is 1.50 bits per heavy atom. The lowest BCUT2D eigenvalue weighted by atomic mass is 9.89. The quantitative estimate of drug-likeness (QED) is 0.838. The van der Waals surface area contributed by atoms with Crippen LogP contribution in [0.3, 0.4) is 0 Å². The average Bonchev–Trinajstić information content (AvgIpc) is 2.24. The Morgan fingerprint density at radius 3 is 2.81 bits per heavy atom. The molecule has 16 heavy (non-hydrogen) atoms. The van der Waals surface area contributed by atoms with Crippen molar-refractivity contribution in [3.8, 4) is 0 Å². The number of anilines is 2. The molecule has 1 aliphatic rings. The number of nitrogens with zero attached hydrogens (tertiary/aromatic N) is 2. The zero-order valence-electron chi connectivity index (χ0n) is 10.2. The van der Waals surface area contributed by atoms with E-state index in [1.165, 1.54) is 5.69 Å². The highest BCUT2D eigenvalue weighted by Gasteiger charge is 2.33. The number of ether oxygens (including phenoxy) is 1. The van der Waals surface area contributed by atoms with Gasteiger partial charge in [0.05, 0.1) is 30.8 Å². The molecule has 0 aromatic carbocycles. The van der Waals surface area contributed by atoms with Crippen molar-refractivity contribution in [2.75, 3.05) is 44.1 Å². The Kier molecular flexibility index (Phi) is 3.01. The third-order valence-corrected chi connectivity index (χ3v) is 2.89. The minimum absolute atomic E-state index is 0.277. The molecule has 1 saturated heterocycles. The van der Waals surface area contributed by atoms with E-state index < -0.39 is 0 Å². The lowest BCUT2D eigenvalue weighted by Crippen LogP contribution is -2.45. The fourth-order valence-electron chi connectivity index (χ4n) is 1.77. The maximum absolute atomic E-state index is 5.24. The minimum Gasteiger partial charge on any atom is -0.381 e. The van der Waals surface area contributed by atoms with Gasteiger partial charge in [0.1, 0.15) is 0 Å². The third kappa shape index (κ3) is 2.27. The van der Waals surface area contributed by atoms with Crippen LogP contribution in [0.15, 0.2) is 18.5 Å². The van der Waals surface area contributed by atoms with Crippen LogP contribution < -0.4 is 10.2 Å². The molecule has 4 nitrogen and oxygen atoms in total. The fraction of sp³-hybridized carbons (Fsp3) is 0.583. The molecule has 0 bridgehead atoms. The molecule has 0 radical (unpaired) electrons. The second kappa shape index (κ2) is 4.29. The Labute approximate surface area is 96.6 Å². The molecule has 0 aliphatic carbocycles. The zero-order chi connectivity index (χ0) is 11.6. The first-order valence-corrected chi connectivity index (χ1v) is 5.54. The highest BCUT2D eigenvalue weighted by Crippen LogP contribution is 2.29. The zero-order valence-corrected chi connectivity index (χ0v) is 10.2. The predicted octanol–water partition coefficient (Wildman–Crippen LogP) is 1.60. The van der Waals surface area contributed by atoms with E-state index in [4.69, 9.17) is 4.74 Å². The Hall–Kier alpha value is -1.29. The van der Waals surface area contributed by atoms with Crippen molar-refractivity contribution in [3.63, 3.8) is 0 Å². The fourth-order valence-corrected chi connectivity index (χ4v) is 1.77. The molecular formula is C12H19N3O. The summed E-state index contributed by atoms with van der Waals surface area (Å²) in [6, 6.07) is 2.02. The van der Waals surface area contributed by atoms with E-state index in [9.17, 15) is 0 Å². The number of hydrogen-bond donors (Lipinski definition) is 1. The largest absolute Gasteiger partial charge is 0.381 e. The number of nitrogens with one attached hydrogen (secondary N) is 1. The smallest absolute Gasteiger partial charge is 0.0764 e. The normalized spacial score (nSPS) is 17.7. The van der Waals surface area contributed by atoms with Crippen molar-refractivity contribution in [1.29, 1.82) is 0 Å². The second-order valence-electron chi connectivity index (χ2n) is 4.94. The predicted molar refractivity (Wildman–Crippen MR) is 66.0 cm³/mol. The Balaban J connectivity index is 2.03. The van der Waals surface area contributed by atoms with Gasteiger partial charge in [-0.3, -0.25) is 4.98 Å². The SMILES string of the molecule is CN(C)c1ccncc1NCC1(C)COC1. The van der Waals surface area contributed by atoms with Gasteiger partial charge in [-0.05, 0) is 6.07 Å². The van der Waals surface area contributed by atoms with E-state index in [0.29, 0.717) is 0 Å². The van der Waals surface area contributed by atoms with Crippen LogP contribution in [0.25, 0.3) is 0 Å². The standard InChI is InChI=1S/C12H19N3O/c1-12(8-16-9-12)7-14-10-6-13-5-4-11(10)15(2)3/h4-6,14H,7-9H2,1-3H3. The monoisotopic (exact) mass is 221 g/mol.